The summed E-state index contributed by atoms with van der Waals surface area (Å²) < 4.78 is 55.4. The van der Waals surface area contributed by atoms with E-state index in [1.807, 2.05) is 19.0 Å². The minimum absolute atomic E-state index is 0.0461. The van der Waals surface area contributed by atoms with Gasteiger partial charge in [-0.3, -0.25) is 4.68 Å². The number of benzene rings is 1. The van der Waals surface area contributed by atoms with E-state index in [4.69, 9.17) is 20.9 Å². The highest BCUT2D eigenvalue weighted by Gasteiger charge is 2.41. The Morgan fingerprint density at radius 3 is 2.48 bits per heavy atom. The maximum atomic E-state index is 14.4. The molecule has 13 heteroatoms. The molecule has 1 aromatic carbocycles. The van der Waals surface area contributed by atoms with Crippen LogP contribution in [0.1, 0.15) is 32.4 Å². The topological polar surface area (TPSA) is 102 Å². The van der Waals surface area contributed by atoms with E-state index in [0.29, 0.717) is 17.9 Å². The van der Waals surface area contributed by atoms with E-state index < -0.39 is 17.5 Å². The van der Waals surface area contributed by atoms with Crippen LogP contribution in [-0.2, 0) is 12.7 Å². The zero-order valence-electron chi connectivity index (χ0n) is 22.5. The van der Waals surface area contributed by atoms with Gasteiger partial charge in [0, 0.05) is 31.0 Å². The lowest BCUT2D eigenvalue weighted by molar-refractivity contribution is -0.144. The Hall–Kier alpha value is -3.48. The van der Waals surface area contributed by atoms with Crippen LogP contribution in [0, 0.1) is 0 Å². The number of halogens is 4. The van der Waals surface area contributed by atoms with Crippen molar-refractivity contribution in [2.75, 3.05) is 27.2 Å². The lowest BCUT2D eigenvalue weighted by Crippen LogP contribution is -2.24. The lowest BCUT2D eigenvalue weighted by atomic mass is 10.0. The number of hydrogen-bond acceptors (Lipinski definition) is 8. The number of aromatic nitrogens is 5. The van der Waals surface area contributed by atoms with E-state index in [1.165, 1.54) is 26.2 Å². The van der Waals surface area contributed by atoms with Gasteiger partial charge in [-0.2, -0.15) is 18.3 Å². The average Bonchev–Trinajstić information content (AvgIpc) is 3.50. The van der Waals surface area contributed by atoms with E-state index in [-0.39, 0.29) is 46.4 Å². The largest absolute Gasteiger partial charge is 0.492 e. The van der Waals surface area contributed by atoms with Gasteiger partial charge in [-0.05, 0) is 52.9 Å². The fourth-order valence-electron chi connectivity index (χ4n) is 4.06. The maximum Gasteiger partial charge on any atom is 0.433 e. The van der Waals surface area contributed by atoms with E-state index >= 15 is 0 Å². The summed E-state index contributed by atoms with van der Waals surface area (Å²) in [6.45, 7) is 4.10. The predicted molar refractivity (Wildman–Crippen MR) is 144 cm³/mol. The summed E-state index contributed by atoms with van der Waals surface area (Å²) in [4.78, 5) is 10.6. The highest BCUT2D eigenvalue weighted by Crippen LogP contribution is 2.46. The third kappa shape index (κ3) is 6.80. The highest BCUT2D eigenvalue weighted by atomic mass is 35.5. The van der Waals surface area contributed by atoms with Crippen molar-refractivity contribution < 1.29 is 27.5 Å². The van der Waals surface area contributed by atoms with Crippen molar-refractivity contribution in [1.82, 2.24) is 29.8 Å². The van der Waals surface area contributed by atoms with Gasteiger partial charge in [-0.1, -0.05) is 28.9 Å². The molecule has 0 saturated carbocycles. The second-order valence-electron chi connectivity index (χ2n) is 10.1. The van der Waals surface area contributed by atoms with E-state index in [0.717, 1.165) is 23.8 Å². The summed E-state index contributed by atoms with van der Waals surface area (Å²) in [5, 5.41) is 18.4. The first-order valence-corrected chi connectivity index (χ1v) is 12.9. The van der Waals surface area contributed by atoms with Gasteiger partial charge in [0.05, 0.1) is 34.6 Å². The molecule has 3 heterocycles. The third-order valence-corrected chi connectivity index (χ3v) is 6.38. The maximum absolute atomic E-state index is 14.4. The standard InChI is InChI=1S/C27H30ClF3N6O3/c1-26(2,38)10-14-37-24(27(29,30)31)18(16-34-37)23-20(25-32-11-6-12-33-25)22(35-40-23)17-8-5-9-19(21(17)28)39-15-7-13-36(3)4/h5-6,8-9,11-12,16,38H,7,10,13-15H2,1-4H3. The summed E-state index contributed by atoms with van der Waals surface area (Å²) in [6.07, 6.45) is 0.0201. The van der Waals surface area contributed by atoms with Crippen LogP contribution in [0.4, 0.5) is 13.2 Å². The first kappa shape index (κ1) is 29.5. The van der Waals surface area contributed by atoms with Gasteiger partial charge in [-0.15, -0.1) is 0 Å². The van der Waals surface area contributed by atoms with Crippen molar-refractivity contribution in [2.45, 2.75) is 45.0 Å². The Morgan fingerprint density at radius 1 is 1.10 bits per heavy atom. The molecule has 214 valence electrons. The first-order valence-electron chi connectivity index (χ1n) is 12.6. The summed E-state index contributed by atoms with van der Waals surface area (Å²) >= 11 is 6.71. The molecule has 3 aromatic heterocycles. The van der Waals surface area contributed by atoms with Crippen LogP contribution < -0.4 is 4.74 Å². The van der Waals surface area contributed by atoms with Crippen LogP contribution in [0.15, 0.2) is 47.4 Å². The minimum atomic E-state index is -4.79. The predicted octanol–water partition coefficient (Wildman–Crippen LogP) is 5.83. The van der Waals surface area contributed by atoms with Crippen molar-refractivity contribution in [1.29, 1.82) is 0 Å². The Labute approximate surface area is 234 Å². The van der Waals surface area contributed by atoms with Gasteiger partial charge in [0.15, 0.2) is 17.3 Å². The molecule has 0 aliphatic rings. The normalized spacial score (nSPS) is 12.3. The molecule has 0 bridgehead atoms. The second kappa shape index (κ2) is 11.9. The molecule has 4 rings (SSSR count). The molecule has 9 nitrogen and oxygen atoms in total. The van der Waals surface area contributed by atoms with Gasteiger partial charge in [0.25, 0.3) is 0 Å². The molecule has 0 radical (unpaired) electrons. The van der Waals surface area contributed by atoms with Gasteiger partial charge < -0.3 is 19.3 Å². The zero-order chi connectivity index (χ0) is 29.1. The molecular weight excluding hydrogens is 549 g/mol. The van der Waals surface area contributed by atoms with Crippen LogP contribution in [0.5, 0.6) is 5.75 Å². The molecule has 0 amide bonds. The van der Waals surface area contributed by atoms with Crippen molar-refractivity contribution in [2.24, 2.45) is 0 Å². The quantitative estimate of drug-likeness (QED) is 0.222. The van der Waals surface area contributed by atoms with E-state index in [9.17, 15) is 18.3 Å². The van der Waals surface area contributed by atoms with Gasteiger partial charge >= 0.3 is 6.18 Å². The Kier molecular flexibility index (Phi) is 8.81. The van der Waals surface area contributed by atoms with Crippen LogP contribution in [0.3, 0.4) is 0 Å². The molecule has 0 atom stereocenters. The molecule has 0 spiro atoms. The molecule has 0 aliphatic carbocycles. The highest BCUT2D eigenvalue weighted by molar-refractivity contribution is 6.35. The fourth-order valence-corrected chi connectivity index (χ4v) is 4.33. The van der Waals surface area contributed by atoms with Crippen LogP contribution in [-0.4, -0.2) is 67.8 Å². The van der Waals surface area contributed by atoms with E-state index in [2.05, 4.69) is 20.2 Å². The average molecular weight is 579 g/mol. The van der Waals surface area contributed by atoms with Crippen molar-refractivity contribution >= 4 is 11.6 Å². The molecule has 0 unspecified atom stereocenters. The Bertz CT molecular complexity index is 1430. The Balaban J connectivity index is 1.83. The Morgan fingerprint density at radius 2 is 1.82 bits per heavy atom. The van der Waals surface area contributed by atoms with E-state index in [1.54, 1.807) is 24.3 Å². The SMILES string of the molecule is CN(C)CCCOc1cccc(-c2noc(-c3cnn(CCC(C)(C)O)c3C(F)(F)F)c2-c2ncccn2)c1Cl. The zero-order valence-corrected chi connectivity index (χ0v) is 23.3. The molecular formula is C27H30ClF3N6O3. The van der Waals surface area contributed by atoms with Gasteiger partial charge in [-0.25, -0.2) is 9.97 Å². The summed E-state index contributed by atoms with van der Waals surface area (Å²) in [5.41, 5.74) is -1.90. The molecule has 40 heavy (non-hydrogen) atoms. The summed E-state index contributed by atoms with van der Waals surface area (Å²) in [7, 11) is 3.93. The van der Waals surface area contributed by atoms with Crippen molar-refractivity contribution in [3.63, 3.8) is 0 Å². The van der Waals surface area contributed by atoms with Crippen LogP contribution >= 0.6 is 11.6 Å². The van der Waals surface area contributed by atoms with Crippen molar-refractivity contribution in [3.05, 3.63) is 53.6 Å². The van der Waals surface area contributed by atoms with Gasteiger partial charge in [0.2, 0.25) is 0 Å². The summed E-state index contributed by atoms with van der Waals surface area (Å²) in [6, 6.07) is 6.67. The molecule has 4 aromatic rings. The van der Waals surface area contributed by atoms with Crippen LogP contribution in [0.25, 0.3) is 34.0 Å². The third-order valence-electron chi connectivity index (χ3n) is 6.00. The molecule has 0 aliphatic heterocycles. The number of nitrogens with zero attached hydrogens (tertiary/aromatic N) is 6. The second-order valence-corrected chi connectivity index (χ2v) is 10.5. The number of aryl methyl sites for hydroxylation is 1. The lowest BCUT2D eigenvalue weighted by Gasteiger charge is -2.18. The van der Waals surface area contributed by atoms with Crippen LogP contribution in [0.2, 0.25) is 5.02 Å². The molecule has 0 fully saturated rings. The van der Waals surface area contributed by atoms with Gasteiger partial charge in [0.1, 0.15) is 11.4 Å². The number of alkyl halides is 3. The monoisotopic (exact) mass is 578 g/mol. The number of rotatable bonds is 11. The number of aliphatic hydroxyl groups is 1. The molecule has 1 N–H and O–H groups in total. The number of hydrogen-bond donors (Lipinski definition) is 1. The summed E-state index contributed by atoms with van der Waals surface area (Å²) in [5.74, 6) is 0.286. The fraction of sp³-hybridized carbons (Fsp3) is 0.407. The number of ether oxygens (including phenoxy) is 1. The van der Waals surface area contributed by atoms with Crippen molar-refractivity contribution in [3.8, 4) is 39.7 Å². The first-order chi connectivity index (χ1) is 18.9. The smallest absolute Gasteiger partial charge is 0.433 e. The molecule has 0 saturated heterocycles. The minimum Gasteiger partial charge on any atom is -0.492 e.